The molecule has 0 saturated carbocycles. The summed E-state index contributed by atoms with van der Waals surface area (Å²) in [5, 5.41) is 1.30. The van der Waals surface area contributed by atoms with E-state index in [0.717, 1.165) is 4.90 Å². The van der Waals surface area contributed by atoms with E-state index in [1.54, 1.807) is 12.1 Å². The SMILES string of the molecule is C#CCSc1ccc(Cl)cc1Cl. The molecule has 12 heavy (non-hydrogen) atoms. The molecule has 0 bridgehead atoms. The molecule has 1 aromatic carbocycles. The Balaban J connectivity index is 2.81. The molecule has 0 aliphatic rings. The molecule has 3 heteroatoms. The van der Waals surface area contributed by atoms with Gasteiger partial charge in [0.1, 0.15) is 0 Å². The summed E-state index contributed by atoms with van der Waals surface area (Å²) in [7, 11) is 0. The maximum absolute atomic E-state index is 5.89. The van der Waals surface area contributed by atoms with Crippen LogP contribution in [0.1, 0.15) is 0 Å². The number of halogens is 2. The van der Waals surface area contributed by atoms with Crippen LogP contribution in [-0.4, -0.2) is 5.75 Å². The van der Waals surface area contributed by atoms with Gasteiger partial charge in [-0.2, -0.15) is 0 Å². The van der Waals surface area contributed by atoms with Crippen LogP contribution < -0.4 is 0 Å². The van der Waals surface area contributed by atoms with Crippen LogP contribution in [0.15, 0.2) is 23.1 Å². The van der Waals surface area contributed by atoms with Gasteiger partial charge in [0.2, 0.25) is 0 Å². The molecule has 1 rings (SSSR count). The van der Waals surface area contributed by atoms with Crippen molar-refractivity contribution in [1.82, 2.24) is 0 Å². The van der Waals surface area contributed by atoms with E-state index in [1.807, 2.05) is 6.07 Å². The molecule has 0 aliphatic carbocycles. The standard InChI is InChI=1S/C9H6Cl2S/c1-2-5-12-9-4-3-7(10)6-8(9)11/h1,3-4,6H,5H2. The predicted molar refractivity (Wildman–Crippen MR) is 56.0 cm³/mol. The number of terminal acetylenes is 1. The minimum Gasteiger partial charge on any atom is -0.119 e. The molecule has 0 aromatic heterocycles. The first-order valence-electron chi connectivity index (χ1n) is 3.25. The van der Waals surface area contributed by atoms with E-state index in [2.05, 4.69) is 5.92 Å². The summed E-state index contributed by atoms with van der Waals surface area (Å²) in [6.45, 7) is 0. The highest BCUT2D eigenvalue weighted by atomic mass is 35.5. The largest absolute Gasteiger partial charge is 0.119 e. The molecular formula is C9H6Cl2S. The number of thioether (sulfide) groups is 1. The fourth-order valence-corrected chi connectivity index (χ4v) is 1.88. The molecule has 0 amide bonds. The number of hydrogen-bond donors (Lipinski definition) is 0. The van der Waals surface area contributed by atoms with E-state index in [4.69, 9.17) is 29.6 Å². The van der Waals surface area contributed by atoms with E-state index in [0.29, 0.717) is 15.8 Å². The average Bonchev–Trinajstić information content (AvgIpc) is 2.03. The maximum Gasteiger partial charge on any atom is 0.0592 e. The molecule has 0 radical (unpaired) electrons. The van der Waals surface area contributed by atoms with Crippen LogP contribution in [0.5, 0.6) is 0 Å². The lowest BCUT2D eigenvalue weighted by molar-refractivity contribution is 1.46. The molecule has 0 nitrogen and oxygen atoms in total. The van der Waals surface area contributed by atoms with E-state index in [9.17, 15) is 0 Å². The molecule has 0 aliphatic heterocycles. The highest BCUT2D eigenvalue weighted by Gasteiger charge is 1.99. The second-order valence-corrected chi connectivity index (χ2v) is 3.93. The maximum atomic E-state index is 5.89. The van der Waals surface area contributed by atoms with Crippen LogP contribution >= 0.6 is 35.0 Å². The second-order valence-electron chi connectivity index (χ2n) is 2.07. The molecule has 62 valence electrons. The van der Waals surface area contributed by atoms with Crippen molar-refractivity contribution in [3.8, 4) is 12.3 Å². The summed E-state index contributed by atoms with van der Waals surface area (Å²) in [6.07, 6.45) is 5.12. The molecule has 0 spiro atoms. The highest BCUT2D eigenvalue weighted by Crippen LogP contribution is 2.29. The normalized spacial score (nSPS) is 9.42. The van der Waals surface area contributed by atoms with Crippen LogP contribution in [0.2, 0.25) is 10.0 Å². The van der Waals surface area contributed by atoms with E-state index < -0.39 is 0 Å². The monoisotopic (exact) mass is 216 g/mol. The Morgan fingerprint density at radius 2 is 2.17 bits per heavy atom. The van der Waals surface area contributed by atoms with Gasteiger partial charge in [-0.05, 0) is 18.2 Å². The van der Waals surface area contributed by atoms with Gasteiger partial charge in [-0.3, -0.25) is 0 Å². The van der Waals surface area contributed by atoms with Gasteiger partial charge >= 0.3 is 0 Å². The Bertz CT molecular complexity index is 315. The van der Waals surface area contributed by atoms with Crippen molar-refractivity contribution < 1.29 is 0 Å². The van der Waals surface area contributed by atoms with Gasteiger partial charge in [0.15, 0.2) is 0 Å². The highest BCUT2D eigenvalue weighted by molar-refractivity contribution is 7.99. The third kappa shape index (κ3) is 2.64. The zero-order chi connectivity index (χ0) is 8.97. The summed E-state index contributed by atoms with van der Waals surface area (Å²) < 4.78 is 0. The van der Waals surface area contributed by atoms with Gasteiger partial charge in [-0.1, -0.05) is 29.1 Å². The van der Waals surface area contributed by atoms with Crippen molar-refractivity contribution in [3.05, 3.63) is 28.2 Å². The van der Waals surface area contributed by atoms with Crippen molar-refractivity contribution in [2.45, 2.75) is 4.90 Å². The fraction of sp³-hybridized carbons (Fsp3) is 0.111. The van der Waals surface area contributed by atoms with Gasteiger partial charge in [0.05, 0.1) is 10.8 Å². The Kier molecular flexibility index (Phi) is 3.81. The van der Waals surface area contributed by atoms with Crippen LogP contribution in [0.3, 0.4) is 0 Å². The topological polar surface area (TPSA) is 0 Å². The number of rotatable bonds is 2. The van der Waals surface area contributed by atoms with Gasteiger partial charge in [-0.15, -0.1) is 18.2 Å². The van der Waals surface area contributed by atoms with Gasteiger partial charge in [0, 0.05) is 9.92 Å². The molecule has 0 unspecified atom stereocenters. The zero-order valence-corrected chi connectivity index (χ0v) is 8.51. The molecule has 0 heterocycles. The molecule has 0 saturated heterocycles. The van der Waals surface area contributed by atoms with E-state index in [-0.39, 0.29) is 0 Å². The summed E-state index contributed by atoms with van der Waals surface area (Å²) in [4.78, 5) is 0.971. The molecule has 0 fully saturated rings. The van der Waals surface area contributed by atoms with Crippen molar-refractivity contribution in [1.29, 1.82) is 0 Å². The minimum absolute atomic E-state index is 0.626. The molecule has 0 N–H and O–H groups in total. The number of benzene rings is 1. The lowest BCUT2D eigenvalue weighted by Crippen LogP contribution is -1.76. The first-order chi connectivity index (χ1) is 5.74. The van der Waals surface area contributed by atoms with Crippen LogP contribution in [0, 0.1) is 12.3 Å². The summed E-state index contributed by atoms with van der Waals surface area (Å²) in [5.41, 5.74) is 0. The fourth-order valence-electron chi connectivity index (χ4n) is 0.712. The first kappa shape index (κ1) is 9.80. The van der Waals surface area contributed by atoms with Crippen molar-refractivity contribution >= 4 is 35.0 Å². The summed E-state index contributed by atoms with van der Waals surface area (Å²) in [5.74, 6) is 3.16. The molecular weight excluding hydrogens is 211 g/mol. The average molecular weight is 217 g/mol. The molecule has 1 aromatic rings. The van der Waals surface area contributed by atoms with Crippen molar-refractivity contribution in [3.63, 3.8) is 0 Å². The Morgan fingerprint density at radius 3 is 2.75 bits per heavy atom. The van der Waals surface area contributed by atoms with Gasteiger partial charge < -0.3 is 0 Å². The Labute approximate surface area is 86.3 Å². The minimum atomic E-state index is 0.626. The third-order valence-corrected chi connectivity index (χ3v) is 2.84. The quantitative estimate of drug-likeness (QED) is 0.537. The summed E-state index contributed by atoms with van der Waals surface area (Å²) >= 11 is 13.1. The lowest BCUT2D eigenvalue weighted by Gasteiger charge is -2.00. The smallest absolute Gasteiger partial charge is 0.0592 e. The zero-order valence-electron chi connectivity index (χ0n) is 6.18. The van der Waals surface area contributed by atoms with E-state index in [1.165, 1.54) is 11.8 Å². The second kappa shape index (κ2) is 4.67. The third-order valence-electron chi connectivity index (χ3n) is 1.20. The van der Waals surface area contributed by atoms with Crippen LogP contribution in [0.4, 0.5) is 0 Å². The van der Waals surface area contributed by atoms with Crippen LogP contribution in [0.25, 0.3) is 0 Å². The van der Waals surface area contributed by atoms with Crippen molar-refractivity contribution in [2.24, 2.45) is 0 Å². The van der Waals surface area contributed by atoms with E-state index >= 15 is 0 Å². The van der Waals surface area contributed by atoms with Crippen LogP contribution in [-0.2, 0) is 0 Å². The predicted octanol–water partition coefficient (Wildman–Crippen LogP) is 3.72. The summed E-state index contributed by atoms with van der Waals surface area (Å²) in [6, 6.07) is 5.38. The molecule has 0 atom stereocenters. The first-order valence-corrected chi connectivity index (χ1v) is 4.99. The Hall–Kier alpha value is -0.290. The van der Waals surface area contributed by atoms with Gasteiger partial charge in [0.25, 0.3) is 0 Å². The van der Waals surface area contributed by atoms with Crippen molar-refractivity contribution in [2.75, 3.05) is 5.75 Å². The lowest BCUT2D eigenvalue weighted by atomic mass is 10.4. The van der Waals surface area contributed by atoms with Gasteiger partial charge in [-0.25, -0.2) is 0 Å². The Morgan fingerprint density at radius 1 is 1.42 bits per heavy atom. The number of hydrogen-bond acceptors (Lipinski definition) is 1.